The molecule has 296 valence electrons. The third-order valence-electron chi connectivity index (χ3n) is 12.2. The number of piperidine rings is 1. The lowest BCUT2D eigenvalue weighted by Crippen LogP contribution is -2.53. The van der Waals surface area contributed by atoms with E-state index in [0.717, 1.165) is 96.1 Å². The summed E-state index contributed by atoms with van der Waals surface area (Å²) in [4.78, 5) is 63.9. The molecule has 4 aliphatic heterocycles. The van der Waals surface area contributed by atoms with Gasteiger partial charge in [0.05, 0.1) is 24.1 Å². The lowest BCUT2D eigenvalue weighted by Gasteiger charge is -2.39. The number of carbonyl (C=O) groups excluding carboxylic acids is 4. The number of aliphatic hydroxyl groups excluding tert-OH is 1. The number of rotatable bonds is 8. The molecule has 3 aromatic heterocycles. The van der Waals surface area contributed by atoms with Gasteiger partial charge in [-0.05, 0) is 56.2 Å². The first-order valence-corrected chi connectivity index (χ1v) is 19.8. The maximum atomic E-state index is 13.5. The van der Waals surface area contributed by atoms with Gasteiger partial charge in [-0.3, -0.25) is 39.0 Å². The molecular formula is C39H45N13O5. The van der Waals surface area contributed by atoms with Gasteiger partial charge in [-0.15, -0.1) is 0 Å². The molecule has 18 heteroatoms. The molecule has 1 aliphatic carbocycles. The molecule has 7 heterocycles. The van der Waals surface area contributed by atoms with E-state index in [1.807, 2.05) is 22.9 Å². The summed E-state index contributed by atoms with van der Waals surface area (Å²) in [6.07, 6.45) is 8.04. The van der Waals surface area contributed by atoms with Crippen LogP contribution in [0, 0.1) is 17.2 Å². The molecule has 0 spiro atoms. The van der Waals surface area contributed by atoms with Crippen LogP contribution >= 0.6 is 0 Å². The molecule has 1 aromatic carbocycles. The minimum Gasteiger partial charge on any atom is -0.369 e. The zero-order valence-electron chi connectivity index (χ0n) is 31.5. The lowest BCUT2D eigenvalue weighted by atomic mass is 9.85. The van der Waals surface area contributed by atoms with Crippen LogP contribution in [0.25, 0.3) is 5.65 Å². The highest BCUT2D eigenvalue weighted by molar-refractivity contribution is 6.08. The Morgan fingerprint density at radius 3 is 2.53 bits per heavy atom. The van der Waals surface area contributed by atoms with Gasteiger partial charge in [-0.2, -0.15) is 15.5 Å². The number of hydrogen-bond donors (Lipinski definition) is 4. The van der Waals surface area contributed by atoms with E-state index >= 15 is 0 Å². The Kier molecular flexibility index (Phi) is 9.80. The van der Waals surface area contributed by atoms with Gasteiger partial charge in [0.15, 0.2) is 17.6 Å². The standard InChI is InChI=1S/C39H45N13O5/c40-20-30-31(43-36(54)29-21-42-50-12-9-33(44-35(29)50)49-13-10-41-11-14-49)23-51(46-30)25-3-1-24(2-4-25)22-47-15-17-48(18-16-47)26-5-6-27-28(19-26)39(57)52(38(27)56)32-7-8-34(53)45-37(32)55/h5-6,9,12,19,21,23-25,32,38,41,56H,1-4,7-8,10-11,13-18,22H2,(H,43,54)(H,45,53,55). The average Bonchev–Trinajstić information content (AvgIpc) is 3.92. The number of fused-ring (bicyclic) bond motifs is 2. The minimum atomic E-state index is -1.23. The molecule has 4 N–H and O–H groups in total. The molecule has 5 aliphatic rings. The molecule has 0 bridgehead atoms. The SMILES string of the molecule is N#Cc1nn(C2CCC(CN3CCN(c4ccc5c(c4)C(=O)N(C4CCC(=O)NC4=O)C5O)CC3)CC2)cc1NC(=O)c1cnn2ccc(N3CCNCC3)nc12. The van der Waals surface area contributed by atoms with Gasteiger partial charge in [0.1, 0.15) is 23.5 Å². The summed E-state index contributed by atoms with van der Waals surface area (Å²) in [6.45, 7) is 7.73. The fourth-order valence-electron chi connectivity index (χ4n) is 8.99. The van der Waals surface area contributed by atoms with Crippen molar-refractivity contribution in [3.63, 3.8) is 0 Å². The third-order valence-corrected chi connectivity index (χ3v) is 12.2. The number of carbonyl (C=O) groups is 4. The minimum absolute atomic E-state index is 0.124. The normalized spacial score (nSPS) is 24.4. The molecule has 4 fully saturated rings. The zero-order valence-corrected chi connectivity index (χ0v) is 31.5. The third kappa shape index (κ3) is 7.06. The van der Waals surface area contributed by atoms with Gasteiger partial charge in [0.2, 0.25) is 11.8 Å². The van der Waals surface area contributed by atoms with Crippen molar-refractivity contribution in [3.05, 3.63) is 65.2 Å². The maximum absolute atomic E-state index is 13.5. The van der Waals surface area contributed by atoms with Gasteiger partial charge >= 0.3 is 0 Å². The van der Waals surface area contributed by atoms with Gasteiger partial charge in [-0.25, -0.2) is 9.50 Å². The Labute approximate surface area is 328 Å². The number of nitriles is 1. The predicted octanol–water partition coefficient (Wildman–Crippen LogP) is 1.26. The van der Waals surface area contributed by atoms with Crippen LogP contribution in [0.5, 0.6) is 0 Å². The molecule has 9 rings (SSSR count). The van der Waals surface area contributed by atoms with Crippen molar-refractivity contribution in [1.82, 2.24) is 44.8 Å². The maximum Gasteiger partial charge on any atom is 0.261 e. The van der Waals surface area contributed by atoms with Crippen molar-refractivity contribution >= 4 is 46.5 Å². The first-order chi connectivity index (χ1) is 27.7. The van der Waals surface area contributed by atoms with Gasteiger partial charge in [0.25, 0.3) is 11.8 Å². The summed E-state index contributed by atoms with van der Waals surface area (Å²) >= 11 is 0. The number of hydrogen-bond acceptors (Lipinski definition) is 13. The summed E-state index contributed by atoms with van der Waals surface area (Å²) in [6, 6.07) is 8.79. The zero-order chi connectivity index (χ0) is 39.2. The summed E-state index contributed by atoms with van der Waals surface area (Å²) in [5.41, 5.74) is 3.09. The van der Waals surface area contributed by atoms with Crippen LogP contribution in [0.2, 0.25) is 0 Å². The summed E-state index contributed by atoms with van der Waals surface area (Å²) in [7, 11) is 0. The van der Waals surface area contributed by atoms with Crippen molar-refractivity contribution in [2.24, 2.45) is 5.92 Å². The van der Waals surface area contributed by atoms with Crippen LogP contribution in [0.4, 0.5) is 17.2 Å². The molecule has 57 heavy (non-hydrogen) atoms. The number of amides is 4. The first kappa shape index (κ1) is 36.7. The van der Waals surface area contributed by atoms with Crippen molar-refractivity contribution in [2.75, 3.05) is 74.0 Å². The number of aliphatic hydroxyl groups is 1. The molecule has 0 radical (unpaired) electrons. The van der Waals surface area contributed by atoms with Crippen LogP contribution in [0.1, 0.15) is 82.8 Å². The van der Waals surface area contributed by atoms with Crippen LogP contribution in [0.3, 0.4) is 0 Å². The Balaban J connectivity index is 0.771. The summed E-state index contributed by atoms with van der Waals surface area (Å²) < 4.78 is 3.42. The Morgan fingerprint density at radius 1 is 0.982 bits per heavy atom. The van der Waals surface area contributed by atoms with Gasteiger partial charge in [0, 0.05) is 88.3 Å². The Morgan fingerprint density at radius 2 is 1.77 bits per heavy atom. The topological polar surface area (TPSA) is 209 Å². The molecule has 3 saturated heterocycles. The van der Waals surface area contributed by atoms with Crippen LogP contribution in [-0.4, -0.2) is 128 Å². The molecule has 2 atom stereocenters. The number of piperazine rings is 2. The van der Waals surface area contributed by atoms with Crippen LogP contribution in [0.15, 0.2) is 42.9 Å². The van der Waals surface area contributed by atoms with E-state index in [4.69, 9.17) is 4.98 Å². The van der Waals surface area contributed by atoms with E-state index in [2.05, 4.69) is 46.9 Å². The number of nitrogens with one attached hydrogen (secondary N) is 3. The smallest absolute Gasteiger partial charge is 0.261 e. The highest BCUT2D eigenvalue weighted by Gasteiger charge is 2.44. The van der Waals surface area contributed by atoms with Crippen molar-refractivity contribution in [1.29, 1.82) is 5.26 Å². The lowest BCUT2D eigenvalue weighted by molar-refractivity contribution is -0.139. The van der Waals surface area contributed by atoms with Crippen LogP contribution < -0.4 is 25.8 Å². The average molecular weight is 776 g/mol. The Bertz CT molecular complexity index is 2260. The van der Waals surface area contributed by atoms with E-state index in [9.17, 15) is 29.5 Å². The summed E-state index contributed by atoms with van der Waals surface area (Å²) in [5.74, 6) is -0.395. The van der Waals surface area contributed by atoms with Crippen molar-refractivity contribution in [2.45, 2.75) is 56.8 Å². The second-order valence-electron chi connectivity index (χ2n) is 15.6. The monoisotopic (exact) mass is 775 g/mol. The van der Waals surface area contributed by atoms with Gasteiger partial charge < -0.3 is 25.5 Å². The van der Waals surface area contributed by atoms with E-state index in [1.54, 1.807) is 23.0 Å². The second kappa shape index (κ2) is 15.2. The quantitative estimate of drug-likeness (QED) is 0.186. The van der Waals surface area contributed by atoms with E-state index in [0.29, 0.717) is 33.9 Å². The first-order valence-electron chi connectivity index (χ1n) is 19.8. The molecule has 18 nitrogen and oxygen atoms in total. The molecule has 4 aromatic rings. The van der Waals surface area contributed by atoms with E-state index < -0.39 is 30.0 Å². The fourth-order valence-corrected chi connectivity index (χ4v) is 8.99. The molecular weight excluding hydrogens is 731 g/mol. The number of nitrogens with zero attached hydrogens (tertiary/aromatic N) is 10. The number of anilines is 3. The van der Waals surface area contributed by atoms with E-state index in [1.165, 1.54) is 11.1 Å². The molecule has 4 amide bonds. The molecule has 2 unspecified atom stereocenters. The van der Waals surface area contributed by atoms with Crippen LogP contribution in [-0.2, 0) is 9.59 Å². The molecule has 1 saturated carbocycles. The number of benzene rings is 1. The number of aromatic nitrogens is 5. The van der Waals surface area contributed by atoms with Crippen molar-refractivity contribution < 1.29 is 24.3 Å². The van der Waals surface area contributed by atoms with Gasteiger partial charge in [-0.1, -0.05) is 6.07 Å². The largest absolute Gasteiger partial charge is 0.369 e. The predicted molar refractivity (Wildman–Crippen MR) is 206 cm³/mol. The fraction of sp³-hybridized carbons (Fsp3) is 0.487. The van der Waals surface area contributed by atoms with E-state index in [-0.39, 0.29) is 30.5 Å². The highest BCUT2D eigenvalue weighted by atomic mass is 16.3. The number of imide groups is 1. The highest BCUT2D eigenvalue weighted by Crippen LogP contribution is 2.38. The Hall–Kier alpha value is -5.90. The summed E-state index contributed by atoms with van der Waals surface area (Å²) in [5, 5.41) is 38.3. The second-order valence-corrected chi connectivity index (χ2v) is 15.6. The van der Waals surface area contributed by atoms with Crippen molar-refractivity contribution in [3.8, 4) is 6.07 Å².